The molecule has 12 heavy (non-hydrogen) atoms. The maximum atomic E-state index is 10.3. The third-order valence-electron chi connectivity index (χ3n) is 2.07. The number of hydrogen-bond acceptors (Lipinski definition) is 2. The van der Waals surface area contributed by atoms with E-state index in [0.717, 1.165) is 12.5 Å². The van der Waals surface area contributed by atoms with Gasteiger partial charge in [0.15, 0.2) is 0 Å². The number of rotatable bonds is 6. The fourth-order valence-electron chi connectivity index (χ4n) is 1.03. The second-order valence-electron chi connectivity index (χ2n) is 3.32. The highest BCUT2D eigenvalue weighted by Gasteiger charge is 2.19. The summed E-state index contributed by atoms with van der Waals surface area (Å²) in [5.74, 6) is -0.00971. The molecule has 2 N–H and O–H groups in total. The first kappa shape index (κ1) is 9.26. The van der Waals surface area contributed by atoms with Crippen molar-refractivity contribution in [3.63, 3.8) is 0 Å². The van der Waals surface area contributed by atoms with E-state index in [1.165, 1.54) is 19.3 Å². The molecule has 1 aliphatic carbocycles. The summed E-state index contributed by atoms with van der Waals surface area (Å²) in [4.78, 5) is 10.3. The maximum Gasteiger partial charge on any atom is 0.332 e. The summed E-state index contributed by atoms with van der Waals surface area (Å²) in [5.41, 5.74) is 0.241. The Bertz CT molecular complexity index is 185. The Balaban J connectivity index is 1.93. The van der Waals surface area contributed by atoms with Gasteiger partial charge in [-0.25, -0.2) is 4.79 Å². The van der Waals surface area contributed by atoms with Crippen molar-refractivity contribution in [2.75, 3.05) is 13.1 Å². The van der Waals surface area contributed by atoms with Crippen molar-refractivity contribution in [1.82, 2.24) is 5.32 Å². The van der Waals surface area contributed by atoms with Crippen LogP contribution in [0.3, 0.4) is 0 Å². The van der Waals surface area contributed by atoms with Gasteiger partial charge in [-0.2, -0.15) is 0 Å². The van der Waals surface area contributed by atoms with E-state index in [1.807, 2.05) is 0 Å². The van der Waals surface area contributed by atoms with Crippen molar-refractivity contribution < 1.29 is 9.90 Å². The quantitative estimate of drug-likeness (QED) is 0.461. The van der Waals surface area contributed by atoms with E-state index < -0.39 is 5.97 Å². The van der Waals surface area contributed by atoms with Crippen molar-refractivity contribution in [3.05, 3.63) is 12.2 Å². The first-order valence-electron chi connectivity index (χ1n) is 4.32. The first-order valence-corrected chi connectivity index (χ1v) is 4.32. The van der Waals surface area contributed by atoms with Gasteiger partial charge in [0.1, 0.15) is 0 Å². The van der Waals surface area contributed by atoms with E-state index in [2.05, 4.69) is 11.9 Å². The minimum Gasteiger partial charge on any atom is -0.478 e. The molecule has 1 fully saturated rings. The number of carboxylic acids is 1. The molecular formula is C9H15NO2. The van der Waals surface area contributed by atoms with Crippen LogP contribution in [0.1, 0.15) is 19.3 Å². The molecule has 0 amide bonds. The molecule has 3 nitrogen and oxygen atoms in total. The van der Waals surface area contributed by atoms with Crippen LogP contribution >= 0.6 is 0 Å². The first-order chi connectivity index (χ1) is 5.70. The SMILES string of the molecule is C=C(CNCCC1CC1)C(=O)O. The van der Waals surface area contributed by atoms with Crippen LogP contribution in [0.4, 0.5) is 0 Å². The van der Waals surface area contributed by atoms with Gasteiger partial charge >= 0.3 is 5.97 Å². The zero-order chi connectivity index (χ0) is 8.97. The smallest absolute Gasteiger partial charge is 0.332 e. The monoisotopic (exact) mass is 169 g/mol. The Labute approximate surface area is 72.5 Å². The average Bonchev–Trinajstić information content (AvgIpc) is 2.80. The molecule has 68 valence electrons. The summed E-state index contributed by atoms with van der Waals surface area (Å²) in [6.45, 7) is 4.74. The normalized spacial score (nSPS) is 16.0. The van der Waals surface area contributed by atoms with Gasteiger partial charge < -0.3 is 10.4 Å². The molecule has 0 heterocycles. The lowest BCUT2D eigenvalue weighted by molar-refractivity contribution is -0.132. The van der Waals surface area contributed by atoms with Crippen LogP contribution in [-0.2, 0) is 4.79 Å². The molecule has 1 aliphatic rings. The summed E-state index contributed by atoms with van der Waals surface area (Å²) in [6, 6.07) is 0. The second-order valence-corrected chi connectivity index (χ2v) is 3.32. The van der Waals surface area contributed by atoms with Crippen LogP contribution in [0.5, 0.6) is 0 Å². The van der Waals surface area contributed by atoms with Crippen molar-refractivity contribution in [1.29, 1.82) is 0 Å². The highest BCUT2D eigenvalue weighted by molar-refractivity contribution is 5.86. The summed E-state index contributed by atoms with van der Waals surface area (Å²) in [7, 11) is 0. The van der Waals surface area contributed by atoms with E-state index in [0.29, 0.717) is 6.54 Å². The minimum absolute atomic E-state index is 0.241. The Kier molecular flexibility index (Phi) is 3.29. The van der Waals surface area contributed by atoms with E-state index >= 15 is 0 Å². The molecule has 0 aliphatic heterocycles. The molecule has 3 heteroatoms. The van der Waals surface area contributed by atoms with Gasteiger partial charge in [-0.05, 0) is 18.9 Å². The van der Waals surface area contributed by atoms with E-state index in [1.54, 1.807) is 0 Å². The molecule has 0 radical (unpaired) electrons. The summed E-state index contributed by atoms with van der Waals surface area (Å²) < 4.78 is 0. The molecule has 0 aromatic heterocycles. The summed E-state index contributed by atoms with van der Waals surface area (Å²) in [6.07, 6.45) is 3.87. The van der Waals surface area contributed by atoms with E-state index in [4.69, 9.17) is 5.11 Å². The van der Waals surface area contributed by atoms with Gasteiger partial charge in [-0.15, -0.1) is 0 Å². The number of hydrogen-bond donors (Lipinski definition) is 2. The lowest BCUT2D eigenvalue weighted by Gasteiger charge is -2.02. The summed E-state index contributed by atoms with van der Waals surface area (Å²) in [5, 5.41) is 11.5. The predicted octanol–water partition coefficient (Wildman–Crippen LogP) is 1.02. The molecule has 0 spiro atoms. The van der Waals surface area contributed by atoms with Gasteiger partial charge in [-0.1, -0.05) is 19.4 Å². The Morgan fingerprint density at radius 3 is 2.75 bits per heavy atom. The van der Waals surface area contributed by atoms with E-state index in [9.17, 15) is 4.79 Å². The van der Waals surface area contributed by atoms with Gasteiger partial charge in [-0.3, -0.25) is 0 Å². The van der Waals surface area contributed by atoms with E-state index in [-0.39, 0.29) is 5.57 Å². The molecular weight excluding hydrogens is 154 g/mol. The largest absolute Gasteiger partial charge is 0.478 e. The van der Waals surface area contributed by atoms with Crippen LogP contribution in [0.25, 0.3) is 0 Å². The lowest BCUT2D eigenvalue weighted by Crippen LogP contribution is -2.21. The fraction of sp³-hybridized carbons (Fsp3) is 0.667. The van der Waals surface area contributed by atoms with Crippen molar-refractivity contribution in [3.8, 4) is 0 Å². The topological polar surface area (TPSA) is 49.3 Å². The van der Waals surface area contributed by atoms with Crippen LogP contribution in [-0.4, -0.2) is 24.2 Å². The van der Waals surface area contributed by atoms with Crippen LogP contribution in [0.2, 0.25) is 0 Å². The third-order valence-corrected chi connectivity index (χ3v) is 2.07. The highest BCUT2D eigenvalue weighted by atomic mass is 16.4. The summed E-state index contributed by atoms with van der Waals surface area (Å²) >= 11 is 0. The van der Waals surface area contributed by atoms with Gasteiger partial charge in [0.2, 0.25) is 0 Å². The standard InChI is InChI=1S/C9H15NO2/c1-7(9(11)12)6-10-5-4-8-2-3-8/h8,10H,1-6H2,(H,11,12). The van der Waals surface area contributed by atoms with Crippen LogP contribution < -0.4 is 5.32 Å². The average molecular weight is 169 g/mol. The zero-order valence-corrected chi connectivity index (χ0v) is 7.18. The van der Waals surface area contributed by atoms with Crippen molar-refractivity contribution in [2.24, 2.45) is 5.92 Å². The van der Waals surface area contributed by atoms with Crippen molar-refractivity contribution >= 4 is 5.97 Å². The highest BCUT2D eigenvalue weighted by Crippen LogP contribution is 2.31. The molecule has 0 saturated heterocycles. The molecule has 0 unspecified atom stereocenters. The number of carboxylic acid groups (broad SMARTS) is 1. The van der Waals surface area contributed by atoms with Crippen molar-refractivity contribution in [2.45, 2.75) is 19.3 Å². The van der Waals surface area contributed by atoms with Crippen LogP contribution in [0, 0.1) is 5.92 Å². The number of aliphatic carboxylic acids is 1. The Morgan fingerprint density at radius 2 is 2.25 bits per heavy atom. The van der Waals surface area contributed by atoms with Gasteiger partial charge in [0, 0.05) is 12.1 Å². The van der Waals surface area contributed by atoms with Gasteiger partial charge in [0.25, 0.3) is 0 Å². The van der Waals surface area contributed by atoms with Gasteiger partial charge in [0.05, 0.1) is 0 Å². The van der Waals surface area contributed by atoms with Crippen LogP contribution in [0.15, 0.2) is 12.2 Å². The maximum absolute atomic E-state index is 10.3. The zero-order valence-electron chi connectivity index (χ0n) is 7.18. The Hall–Kier alpha value is -0.830. The molecule has 1 rings (SSSR count). The second kappa shape index (κ2) is 4.26. The molecule has 1 saturated carbocycles. The number of carbonyl (C=O) groups is 1. The molecule has 0 aromatic carbocycles. The fourth-order valence-corrected chi connectivity index (χ4v) is 1.03. The third kappa shape index (κ3) is 3.53. The molecule has 0 bridgehead atoms. The Morgan fingerprint density at radius 1 is 1.58 bits per heavy atom. The molecule has 0 atom stereocenters. The number of nitrogens with one attached hydrogen (secondary N) is 1. The lowest BCUT2D eigenvalue weighted by atomic mass is 10.2. The predicted molar refractivity (Wildman–Crippen MR) is 47.0 cm³/mol. The minimum atomic E-state index is -0.908. The molecule has 0 aromatic rings.